The van der Waals surface area contributed by atoms with Gasteiger partial charge < -0.3 is 5.73 Å². The molecule has 1 heterocycles. The zero-order chi connectivity index (χ0) is 14.0. The van der Waals surface area contributed by atoms with E-state index in [0.29, 0.717) is 11.0 Å². The van der Waals surface area contributed by atoms with E-state index in [1.807, 2.05) is 5.43 Å². The Balaban J connectivity index is 2.56. The molecule has 2 amide bonds. The summed E-state index contributed by atoms with van der Waals surface area (Å²) in [4.78, 5) is 14.6. The maximum Gasteiger partial charge on any atom is 0.332 e. The van der Waals surface area contributed by atoms with Gasteiger partial charge in [0.05, 0.1) is 11.0 Å². The second-order valence-corrected chi connectivity index (χ2v) is 3.75. The molecule has 0 unspecified atom stereocenters. The van der Waals surface area contributed by atoms with Gasteiger partial charge in [0.2, 0.25) is 0 Å². The van der Waals surface area contributed by atoms with Gasteiger partial charge >= 0.3 is 12.6 Å². The van der Waals surface area contributed by atoms with E-state index < -0.39 is 12.6 Å². The lowest BCUT2D eigenvalue weighted by atomic mass is 10.3. The number of alkyl halides is 2. The molecule has 2 rings (SSSR count). The minimum absolute atomic E-state index is 0.0232. The molecule has 0 aliphatic heterocycles. The second-order valence-electron chi connectivity index (χ2n) is 3.75. The quantitative estimate of drug-likeness (QED) is 0.656. The molecule has 6 nitrogen and oxygen atoms in total. The number of rotatable bonds is 3. The van der Waals surface area contributed by atoms with Crippen LogP contribution in [0.4, 0.5) is 13.6 Å². The molecule has 0 spiro atoms. The number of imidazole rings is 1. The number of primary amides is 1. The van der Waals surface area contributed by atoms with Crippen LogP contribution in [-0.2, 0) is 0 Å². The number of nitrogens with one attached hydrogen (secondary N) is 1. The molecule has 0 bridgehead atoms. The highest BCUT2D eigenvalue weighted by atomic mass is 19.3. The van der Waals surface area contributed by atoms with Gasteiger partial charge in [0.15, 0.2) is 5.82 Å². The minimum atomic E-state index is -2.76. The molecule has 2 aromatic rings. The molecule has 0 atom stereocenters. The third-order valence-electron chi connectivity index (χ3n) is 2.45. The van der Waals surface area contributed by atoms with Gasteiger partial charge in [-0.2, -0.15) is 13.9 Å². The number of carbonyl (C=O) groups is 1. The first kappa shape index (κ1) is 12.9. The van der Waals surface area contributed by atoms with Crippen LogP contribution >= 0.6 is 0 Å². The Hall–Kier alpha value is -2.51. The number of fused-ring (bicyclic) bond motifs is 1. The molecule has 0 aliphatic rings. The molecule has 0 radical (unpaired) electrons. The predicted molar refractivity (Wildman–Crippen MR) is 65.9 cm³/mol. The smallest absolute Gasteiger partial charge is 0.332 e. The van der Waals surface area contributed by atoms with Crippen molar-refractivity contribution in [2.24, 2.45) is 10.8 Å². The van der Waals surface area contributed by atoms with Crippen molar-refractivity contribution in [1.82, 2.24) is 15.0 Å². The van der Waals surface area contributed by atoms with E-state index in [1.165, 1.54) is 13.0 Å². The Bertz CT molecular complexity index is 650. The summed E-state index contributed by atoms with van der Waals surface area (Å²) in [5.41, 5.74) is 7.69. The molecule has 0 saturated heterocycles. The molecule has 0 saturated carbocycles. The Kier molecular flexibility index (Phi) is 3.41. The van der Waals surface area contributed by atoms with Crippen LogP contribution in [0.2, 0.25) is 0 Å². The first-order valence-corrected chi connectivity index (χ1v) is 5.36. The Morgan fingerprint density at radius 2 is 2.16 bits per heavy atom. The van der Waals surface area contributed by atoms with Crippen LogP contribution in [0.5, 0.6) is 0 Å². The van der Waals surface area contributed by atoms with E-state index in [2.05, 4.69) is 10.1 Å². The molecule has 1 aromatic heterocycles. The van der Waals surface area contributed by atoms with Crippen molar-refractivity contribution >= 4 is 22.8 Å². The lowest BCUT2D eigenvalue weighted by Crippen LogP contribution is -2.26. The standard InChI is InChI=1S/C11H11F2N5O/c1-6(16-17-11(14)19)9-15-7-4-2-3-5-8(7)18(9)10(12)13/h2-5,10H,1H3,(H3,14,17,19)/b16-6+. The van der Waals surface area contributed by atoms with Crippen molar-refractivity contribution in [3.8, 4) is 0 Å². The van der Waals surface area contributed by atoms with Gasteiger partial charge in [-0.3, -0.25) is 4.57 Å². The van der Waals surface area contributed by atoms with Crippen molar-refractivity contribution in [1.29, 1.82) is 0 Å². The summed E-state index contributed by atoms with van der Waals surface area (Å²) < 4.78 is 27.0. The average molecular weight is 267 g/mol. The summed E-state index contributed by atoms with van der Waals surface area (Å²) in [5, 5.41) is 3.61. The van der Waals surface area contributed by atoms with Crippen molar-refractivity contribution in [3.63, 3.8) is 0 Å². The van der Waals surface area contributed by atoms with E-state index in [0.717, 1.165) is 4.57 Å². The number of halogens is 2. The summed E-state index contributed by atoms with van der Waals surface area (Å²) in [5.74, 6) is -0.0232. The lowest BCUT2D eigenvalue weighted by molar-refractivity contribution is 0.0740. The number of urea groups is 1. The highest BCUT2D eigenvalue weighted by Crippen LogP contribution is 2.23. The fourth-order valence-electron chi connectivity index (χ4n) is 1.69. The van der Waals surface area contributed by atoms with E-state index in [4.69, 9.17) is 5.73 Å². The number of nitrogens with zero attached hydrogens (tertiary/aromatic N) is 3. The first-order chi connectivity index (χ1) is 9.00. The monoisotopic (exact) mass is 267 g/mol. The average Bonchev–Trinajstić information content (AvgIpc) is 2.75. The van der Waals surface area contributed by atoms with E-state index >= 15 is 0 Å². The molecule has 3 N–H and O–H groups in total. The van der Waals surface area contributed by atoms with Gasteiger partial charge in [0.1, 0.15) is 5.71 Å². The molecule has 1 aromatic carbocycles. The van der Waals surface area contributed by atoms with Gasteiger partial charge in [0.25, 0.3) is 0 Å². The number of carbonyl (C=O) groups excluding carboxylic acids is 1. The molecule has 0 aliphatic carbocycles. The highest BCUT2D eigenvalue weighted by Gasteiger charge is 2.19. The zero-order valence-corrected chi connectivity index (χ0v) is 9.97. The number of para-hydroxylation sites is 2. The number of nitrogens with two attached hydrogens (primary N) is 1. The lowest BCUT2D eigenvalue weighted by Gasteiger charge is -2.07. The fraction of sp³-hybridized carbons (Fsp3) is 0.182. The summed E-state index contributed by atoms with van der Waals surface area (Å²) in [6, 6.07) is 5.61. The summed E-state index contributed by atoms with van der Waals surface area (Å²) in [6.07, 6.45) is 0. The van der Waals surface area contributed by atoms with Gasteiger partial charge in [-0.1, -0.05) is 12.1 Å². The van der Waals surface area contributed by atoms with Gasteiger partial charge in [-0.15, -0.1) is 0 Å². The molecule has 8 heteroatoms. The fourth-order valence-corrected chi connectivity index (χ4v) is 1.69. The van der Waals surface area contributed by atoms with Gasteiger partial charge in [0, 0.05) is 0 Å². The Morgan fingerprint density at radius 1 is 1.47 bits per heavy atom. The first-order valence-electron chi connectivity index (χ1n) is 5.36. The SMILES string of the molecule is C/C(=N\NC(N)=O)c1nc2ccccc2n1C(F)F. The van der Waals surface area contributed by atoms with Crippen LogP contribution in [0.15, 0.2) is 29.4 Å². The van der Waals surface area contributed by atoms with E-state index in [1.54, 1.807) is 18.2 Å². The molecule has 0 fully saturated rings. The Morgan fingerprint density at radius 3 is 2.79 bits per heavy atom. The number of benzene rings is 1. The van der Waals surface area contributed by atoms with Crippen molar-refractivity contribution < 1.29 is 13.6 Å². The molecular weight excluding hydrogens is 256 g/mol. The number of amides is 2. The van der Waals surface area contributed by atoms with Crippen molar-refractivity contribution in [2.75, 3.05) is 0 Å². The van der Waals surface area contributed by atoms with E-state index in [-0.39, 0.29) is 11.5 Å². The van der Waals surface area contributed by atoms with Crippen molar-refractivity contribution in [3.05, 3.63) is 30.1 Å². The third kappa shape index (κ3) is 2.51. The van der Waals surface area contributed by atoms with Crippen LogP contribution in [0, 0.1) is 0 Å². The van der Waals surface area contributed by atoms with Crippen LogP contribution in [0.3, 0.4) is 0 Å². The summed E-state index contributed by atoms with van der Waals surface area (Å²) in [7, 11) is 0. The van der Waals surface area contributed by atoms with Crippen LogP contribution in [0.1, 0.15) is 19.3 Å². The zero-order valence-electron chi connectivity index (χ0n) is 9.97. The third-order valence-corrected chi connectivity index (χ3v) is 2.45. The van der Waals surface area contributed by atoms with E-state index in [9.17, 15) is 13.6 Å². The number of hydrazone groups is 1. The van der Waals surface area contributed by atoms with Crippen LogP contribution in [0.25, 0.3) is 11.0 Å². The molecular formula is C11H11F2N5O. The Labute approximate surface area is 106 Å². The topological polar surface area (TPSA) is 85.3 Å². The number of hydrogen-bond acceptors (Lipinski definition) is 3. The largest absolute Gasteiger partial charge is 0.350 e. The maximum atomic E-state index is 13.1. The molecule has 100 valence electrons. The summed E-state index contributed by atoms with van der Waals surface area (Å²) >= 11 is 0. The van der Waals surface area contributed by atoms with Gasteiger partial charge in [-0.05, 0) is 19.1 Å². The predicted octanol–water partition coefficient (Wildman–Crippen LogP) is 1.82. The van der Waals surface area contributed by atoms with Gasteiger partial charge in [-0.25, -0.2) is 15.2 Å². The second kappa shape index (κ2) is 5.01. The van der Waals surface area contributed by atoms with Crippen LogP contribution in [-0.4, -0.2) is 21.3 Å². The minimum Gasteiger partial charge on any atom is -0.350 e. The van der Waals surface area contributed by atoms with Crippen LogP contribution < -0.4 is 11.2 Å². The normalized spacial score (nSPS) is 12.1. The van der Waals surface area contributed by atoms with Crippen molar-refractivity contribution in [2.45, 2.75) is 13.5 Å². The number of hydrogen-bond donors (Lipinski definition) is 2. The molecule has 19 heavy (non-hydrogen) atoms. The highest BCUT2D eigenvalue weighted by molar-refractivity contribution is 5.99. The number of aromatic nitrogens is 2. The summed E-state index contributed by atoms with van der Waals surface area (Å²) in [6.45, 7) is -1.31. The maximum absolute atomic E-state index is 13.1.